The molecule has 17 heavy (non-hydrogen) atoms. The second-order valence-corrected chi connectivity index (χ2v) is 4.05. The van der Waals surface area contributed by atoms with Crippen molar-refractivity contribution in [3.05, 3.63) is 34.6 Å². The highest BCUT2D eigenvalue weighted by molar-refractivity contribution is 6.33. The smallest absolute Gasteiger partial charge is 0.253 e. The van der Waals surface area contributed by atoms with Crippen molar-refractivity contribution in [2.45, 2.75) is 26.3 Å². The van der Waals surface area contributed by atoms with Crippen LogP contribution in [0.25, 0.3) is 0 Å². The van der Waals surface area contributed by atoms with Crippen LogP contribution in [0, 0.1) is 5.82 Å². The van der Waals surface area contributed by atoms with Crippen molar-refractivity contribution in [2.75, 3.05) is 0 Å². The number of halogens is 2. The molecule has 0 aliphatic rings. The Morgan fingerprint density at radius 3 is 2.65 bits per heavy atom. The van der Waals surface area contributed by atoms with Crippen molar-refractivity contribution < 1.29 is 14.0 Å². The number of carbonyl (C=O) groups excluding carboxylic acids is 2. The molecule has 0 fully saturated rings. The second-order valence-electron chi connectivity index (χ2n) is 3.64. The summed E-state index contributed by atoms with van der Waals surface area (Å²) in [5, 5.41) is 2.54. The van der Waals surface area contributed by atoms with Crippen LogP contribution in [0.15, 0.2) is 18.2 Å². The van der Waals surface area contributed by atoms with Gasteiger partial charge < -0.3 is 5.32 Å². The number of hydrogen-bond donors (Lipinski definition) is 1. The summed E-state index contributed by atoms with van der Waals surface area (Å²) in [6, 6.07) is 2.92. The highest BCUT2D eigenvalue weighted by atomic mass is 35.5. The van der Waals surface area contributed by atoms with Crippen molar-refractivity contribution in [2.24, 2.45) is 0 Å². The van der Waals surface area contributed by atoms with E-state index in [1.807, 2.05) is 0 Å². The van der Waals surface area contributed by atoms with E-state index in [0.29, 0.717) is 6.42 Å². The van der Waals surface area contributed by atoms with Crippen molar-refractivity contribution in [3.8, 4) is 0 Å². The highest BCUT2D eigenvalue weighted by Gasteiger charge is 2.17. The lowest BCUT2D eigenvalue weighted by atomic mass is 10.1. The fraction of sp³-hybridized carbons (Fsp3) is 0.333. The van der Waals surface area contributed by atoms with E-state index in [2.05, 4.69) is 5.32 Å². The predicted octanol–water partition coefficient (Wildman–Crippen LogP) is 2.58. The van der Waals surface area contributed by atoms with E-state index in [1.165, 1.54) is 6.07 Å². The molecule has 0 heterocycles. The molecule has 3 nitrogen and oxygen atoms in total. The summed E-state index contributed by atoms with van der Waals surface area (Å²) in [4.78, 5) is 23.0. The van der Waals surface area contributed by atoms with Gasteiger partial charge in [-0.3, -0.25) is 9.59 Å². The van der Waals surface area contributed by atoms with Crippen LogP contribution in [0.2, 0.25) is 5.02 Å². The van der Waals surface area contributed by atoms with Gasteiger partial charge in [-0.15, -0.1) is 0 Å². The Morgan fingerprint density at radius 2 is 2.12 bits per heavy atom. The van der Waals surface area contributed by atoms with Gasteiger partial charge in [0.1, 0.15) is 5.82 Å². The number of amides is 1. The molecular weight excluding hydrogens is 245 g/mol. The fourth-order valence-corrected chi connectivity index (χ4v) is 1.59. The molecule has 0 aliphatic heterocycles. The van der Waals surface area contributed by atoms with Gasteiger partial charge >= 0.3 is 0 Å². The Kier molecular flexibility index (Phi) is 4.63. The molecule has 1 aromatic carbocycles. The van der Waals surface area contributed by atoms with Gasteiger partial charge in [0.2, 0.25) is 0 Å². The monoisotopic (exact) mass is 257 g/mol. The van der Waals surface area contributed by atoms with Crippen LogP contribution in [-0.2, 0) is 4.79 Å². The number of carbonyl (C=O) groups is 2. The lowest BCUT2D eigenvalue weighted by Gasteiger charge is -2.12. The number of Topliss-reactive ketones (excluding diaryl/α,β-unsaturated/α-hetero) is 1. The van der Waals surface area contributed by atoms with Gasteiger partial charge in [0.05, 0.1) is 16.6 Å². The minimum Gasteiger partial charge on any atom is -0.342 e. The van der Waals surface area contributed by atoms with Gasteiger partial charge in [-0.25, -0.2) is 4.39 Å². The maximum Gasteiger partial charge on any atom is 0.253 e. The largest absolute Gasteiger partial charge is 0.342 e. The van der Waals surface area contributed by atoms with Gasteiger partial charge in [0.15, 0.2) is 5.78 Å². The van der Waals surface area contributed by atoms with Crippen LogP contribution in [0.3, 0.4) is 0 Å². The van der Waals surface area contributed by atoms with Crippen LogP contribution >= 0.6 is 11.6 Å². The van der Waals surface area contributed by atoms with Crippen LogP contribution < -0.4 is 5.32 Å². The van der Waals surface area contributed by atoms with Crippen LogP contribution in [-0.4, -0.2) is 17.7 Å². The first-order valence-corrected chi connectivity index (χ1v) is 5.62. The molecule has 1 unspecified atom stereocenters. The molecule has 1 atom stereocenters. The minimum absolute atomic E-state index is 0.0265. The van der Waals surface area contributed by atoms with Crippen molar-refractivity contribution >= 4 is 23.3 Å². The van der Waals surface area contributed by atoms with Crippen molar-refractivity contribution in [3.63, 3.8) is 0 Å². The van der Waals surface area contributed by atoms with E-state index in [-0.39, 0.29) is 16.4 Å². The Morgan fingerprint density at radius 1 is 1.47 bits per heavy atom. The van der Waals surface area contributed by atoms with E-state index >= 15 is 0 Å². The third kappa shape index (κ3) is 3.53. The molecule has 1 amide bonds. The van der Waals surface area contributed by atoms with E-state index in [4.69, 9.17) is 11.6 Å². The first-order chi connectivity index (χ1) is 7.95. The molecule has 0 radical (unpaired) electrons. The van der Waals surface area contributed by atoms with Gasteiger partial charge in [-0.1, -0.05) is 18.5 Å². The molecule has 1 aromatic rings. The summed E-state index contributed by atoms with van der Waals surface area (Å²) in [7, 11) is 0. The van der Waals surface area contributed by atoms with Gasteiger partial charge in [0.25, 0.3) is 5.91 Å². The topological polar surface area (TPSA) is 46.2 Å². The molecule has 1 N–H and O–H groups in total. The Balaban J connectivity index is 2.80. The maximum absolute atomic E-state index is 12.8. The van der Waals surface area contributed by atoms with E-state index in [0.717, 1.165) is 12.1 Å². The van der Waals surface area contributed by atoms with Gasteiger partial charge in [0, 0.05) is 6.42 Å². The summed E-state index contributed by atoms with van der Waals surface area (Å²) in [6.07, 6.45) is 0.346. The Bertz CT molecular complexity index is 448. The zero-order valence-corrected chi connectivity index (χ0v) is 10.3. The molecule has 0 spiro atoms. The van der Waals surface area contributed by atoms with Crippen LogP contribution in [0.1, 0.15) is 30.6 Å². The van der Waals surface area contributed by atoms with Crippen molar-refractivity contribution in [1.82, 2.24) is 5.32 Å². The second kappa shape index (κ2) is 5.77. The number of benzene rings is 1. The molecular formula is C12H13ClFNO2. The quantitative estimate of drug-likeness (QED) is 0.901. The number of ketones is 1. The standard InChI is InChI=1S/C12H13ClFNO2/c1-3-11(16)7(2)15-12(17)9-5-4-8(14)6-10(9)13/h4-7H,3H2,1-2H3,(H,15,17). The summed E-state index contributed by atoms with van der Waals surface area (Å²) in [5.41, 5.74) is 0.156. The summed E-state index contributed by atoms with van der Waals surface area (Å²) < 4.78 is 12.8. The van der Waals surface area contributed by atoms with E-state index in [9.17, 15) is 14.0 Å². The van der Waals surface area contributed by atoms with E-state index in [1.54, 1.807) is 13.8 Å². The molecule has 0 saturated carbocycles. The Labute approximate surface area is 104 Å². The highest BCUT2D eigenvalue weighted by Crippen LogP contribution is 2.17. The first-order valence-electron chi connectivity index (χ1n) is 5.24. The molecule has 0 saturated heterocycles. The number of rotatable bonds is 4. The molecule has 1 rings (SSSR count). The van der Waals surface area contributed by atoms with Gasteiger partial charge in [-0.05, 0) is 25.1 Å². The zero-order chi connectivity index (χ0) is 13.0. The molecule has 0 bridgehead atoms. The van der Waals surface area contributed by atoms with E-state index < -0.39 is 17.8 Å². The first kappa shape index (κ1) is 13.6. The average Bonchev–Trinajstić information content (AvgIpc) is 2.27. The summed E-state index contributed by atoms with van der Waals surface area (Å²) in [5.74, 6) is -1.06. The third-order valence-corrected chi connectivity index (χ3v) is 2.67. The number of hydrogen-bond acceptors (Lipinski definition) is 2. The number of nitrogens with one attached hydrogen (secondary N) is 1. The summed E-state index contributed by atoms with van der Waals surface area (Å²) in [6.45, 7) is 3.32. The van der Waals surface area contributed by atoms with Crippen molar-refractivity contribution in [1.29, 1.82) is 0 Å². The summed E-state index contributed by atoms with van der Waals surface area (Å²) >= 11 is 5.74. The lowest BCUT2D eigenvalue weighted by molar-refractivity contribution is -0.120. The normalized spacial score (nSPS) is 12.0. The third-order valence-electron chi connectivity index (χ3n) is 2.35. The van der Waals surface area contributed by atoms with Crippen LogP contribution in [0.5, 0.6) is 0 Å². The minimum atomic E-state index is -0.575. The zero-order valence-electron chi connectivity index (χ0n) is 9.59. The van der Waals surface area contributed by atoms with Crippen LogP contribution in [0.4, 0.5) is 4.39 Å². The SMILES string of the molecule is CCC(=O)C(C)NC(=O)c1ccc(F)cc1Cl. The molecule has 92 valence electrons. The fourth-order valence-electron chi connectivity index (χ4n) is 1.33. The predicted molar refractivity (Wildman–Crippen MR) is 63.6 cm³/mol. The lowest BCUT2D eigenvalue weighted by Crippen LogP contribution is -2.38. The Hall–Kier alpha value is -1.42. The van der Waals surface area contributed by atoms with Gasteiger partial charge in [-0.2, -0.15) is 0 Å². The molecule has 5 heteroatoms. The average molecular weight is 258 g/mol. The molecule has 0 aromatic heterocycles. The molecule has 0 aliphatic carbocycles. The maximum atomic E-state index is 12.8.